The van der Waals surface area contributed by atoms with Crippen molar-refractivity contribution in [2.75, 3.05) is 6.61 Å². The number of benzene rings is 2. The van der Waals surface area contributed by atoms with Gasteiger partial charge in [0.15, 0.2) is 0 Å². The van der Waals surface area contributed by atoms with E-state index >= 15 is 0 Å². The Hall–Kier alpha value is -2.66. The third-order valence-electron chi connectivity index (χ3n) is 4.03. The summed E-state index contributed by atoms with van der Waals surface area (Å²) in [5.41, 5.74) is 9.68. The van der Waals surface area contributed by atoms with E-state index in [0.717, 1.165) is 16.7 Å². The highest BCUT2D eigenvalue weighted by Crippen LogP contribution is 2.11. The van der Waals surface area contributed by atoms with Crippen molar-refractivity contribution in [1.82, 2.24) is 5.32 Å². The molecule has 0 aliphatic heterocycles. The van der Waals surface area contributed by atoms with Crippen LogP contribution in [0.5, 0.6) is 0 Å². The molecule has 0 unspecified atom stereocenters. The molecule has 0 saturated heterocycles. The standard InChI is InChI=1S/C20H24N2O3/c1-14-8-9-17(10-15(14)2)11-18(20(21)24)22-19(23)13-25-12-16-6-4-3-5-7-16/h3-10,18H,11-13H2,1-2H3,(H2,21,24)(H,22,23)/t18-/m0/s1. The first-order valence-electron chi connectivity index (χ1n) is 8.22. The Kier molecular flexibility index (Phi) is 6.71. The topological polar surface area (TPSA) is 81.4 Å². The fraction of sp³-hybridized carbons (Fsp3) is 0.300. The van der Waals surface area contributed by atoms with Crippen molar-refractivity contribution in [1.29, 1.82) is 0 Å². The van der Waals surface area contributed by atoms with Gasteiger partial charge >= 0.3 is 0 Å². The minimum atomic E-state index is -0.755. The van der Waals surface area contributed by atoms with Gasteiger partial charge in [0.05, 0.1) is 6.61 Å². The number of nitrogens with one attached hydrogen (secondary N) is 1. The maximum absolute atomic E-state index is 12.0. The number of carbonyl (C=O) groups excluding carboxylic acids is 2. The largest absolute Gasteiger partial charge is 0.368 e. The molecule has 0 heterocycles. The molecule has 25 heavy (non-hydrogen) atoms. The van der Waals surface area contributed by atoms with Crippen LogP contribution in [0.2, 0.25) is 0 Å². The molecule has 3 N–H and O–H groups in total. The number of rotatable bonds is 8. The van der Waals surface area contributed by atoms with Crippen molar-refractivity contribution < 1.29 is 14.3 Å². The normalized spacial score (nSPS) is 11.8. The molecule has 0 radical (unpaired) electrons. The highest BCUT2D eigenvalue weighted by atomic mass is 16.5. The van der Waals surface area contributed by atoms with Crippen molar-refractivity contribution in [3.8, 4) is 0 Å². The van der Waals surface area contributed by atoms with E-state index in [-0.39, 0.29) is 12.5 Å². The first-order valence-corrected chi connectivity index (χ1v) is 8.22. The average Bonchev–Trinajstić information content (AvgIpc) is 2.58. The highest BCUT2D eigenvalue weighted by molar-refractivity contribution is 5.87. The minimum absolute atomic E-state index is 0.119. The van der Waals surface area contributed by atoms with Gasteiger partial charge in [0.25, 0.3) is 0 Å². The van der Waals surface area contributed by atoms with E-state index in [1.165, 1.54) is 5.56 Å². The highest BCUT2D eigenvalue weighted by Gasteiger charge is 2.18. The summed E-state index contributed by atoms with van der Waals surface area (Å²) < 4.78 is 5.38. The van der Waals surface area contributed by atoms with Crippen LogP contribution in [-0.4, -0.2) is 24.5 Å². The van der Waals surface area contributed by atoms with Gasteiger partial charge in [-0.2, -0.15) is 0 Å². The third-order valence-corrected chi connectivity index (χ3v) is 4.03. The predicted octanol–water partition coefficient (Wildman–Crippen LogP) is 2.03. The summed E-state index contributed by atoms with van der Waals surface area (Å²) in [5, 5.41) is 2.65. The molecule has 0 spiro atoms. The third kappa shape index (κ3) is 6.04. The molecule has 132 valence electrons. The SMILES string of the molecule is Cc1ccc(C[C@H](NC(=O)COCc2ccccc2)C(N)=O)cc1C. The number of carbonyl (C=O) groups is 2. The minimum Gasteiger partial charge on any atom is -0.368 e. The molecular formula is C20H24N2O3. The molecule has 5 heteroatoms. The lowest BCUT2D eigenvalue weighted by molar-refractivity contribution is -0.130. The Balaban J connectivity index is 1.86. The second kappa shape index (κ2) is 8.99. The van der Waals surface area contributed by atoms with Gasteiger partial charge in [-0.15, -0.1) is 0 Å². The molecule has 0 bridgehead atoms. The van der Waals surface area contributed by atoms with E-state index in [1.807, 2.05) is 62.4 Å². The van der Waals surface area contributed by atoms with Crippen molar-refractivity contribution in [3.05, 3.63) is 70.8 Å². The van der Waals surface area contributed by atoms with Crippen LogP contribution in [0.1, 0.15) is 22.3 Å². The lowest BCUT2D eigenvalue weighted by Gasteiger charge is -2.16. The lowest BCUT2D eigenvalue weighted by Crippen LogP contribution is -2.47. The van der Waals surface area contributed by atoms with Gasteiger partial charge in [0.1, 0.15) is 12.6 Å². The number of primary amides is 1. The number of hydrogen-bond donors (Lipinski definition) is 2. The smallest absolute Gasteiger partial charge is 0.246 e. The van der Waals surface area contributed by atoms with Crippen LogP contribution in [-0.2, 0) is 27.4 Å². The Morgan fingerprint density at radius 2 is 1.76 bits per heavy atom. The molecule has 2 amide bonds. The molecule has 0 aliphatic carbocycles. The molecule has 2 aromatic rings. The quantitative estimate of drug-likeness (QED) is 0.771. The van der Waals surface area contributed by atoms with Crippen LogP contribution in [0.4, 0.5) is 0 Å². The Morgan fingerprint density at radius 3 is 2.40 bits per heavy atom. The zero-order valence-electron chi connectivity index (χ0n) is 14.6. The maximum atomic E-state index is 12.0. The van der Waals surface area contributed by atoms with Gasteiger partial charge in [-0.1, -0.05) is 48.5 Å². The summed E-state index contributed by atoms with van der Waals surface area (Å²) in [7, 11) is 0. The van der Waals surface area contributed by atoms with E-state index in [4.69, 9.17) is 10.5 Å². The summed E-state index contributed by atoms with van der Waals surface area (Å²) >= 11 is 0. The molecule has 0 aromatic heterocycles. The number of amides is 2. The first kappa shape index (κ1) is 18.7. The Morgan fingerprint density at radius 1 is 1.04 bits per heavy atom. The Bertz CT molecular complexity index is 729. The van der Waals surface area contributed by atoms with Crippen LogP contribution in [0.25, 0.3) is 0 Å². The summed E-state index contributed by atoms with van der Waals surface area (Å²) in [6, 6.07) is 14.8. The summed E-state index contributed by atoms with van der Waals surface area (Å²) in [6.07, 6.45) is 0.362. The van der Waals surface area contributed by atoms with Gasteiger partial charge in [0.2, 0.25) is 11.8 Å². The van der Waals surface area contributed by atoms with Gasteiger partial charge < -0.3 is 15.8 Å². The maximum Gasteiger partial charge on any atom is 0.246 e. The van der Waals surface area contributed by atoms with Gasteiger partial charge in [-0.05, 0) is 36.1 Å². The van der Waals surface area contributed by atoms with E-state index in [1.54, 1.807) is 0 Å². The molecule has 2 aromatic carbocycles. The zero-order valence-corrected chi connectivity index (χ0v) is 14.6. The Labute approximate surface area is 148 Å². The monoisotopic (exact) mass is 340 g/mol. The second-order valence-corrected chi connectivity index (χ2v) is 6.12. The lowest BCUT2D eigenvalue weighted by atomic mass is 10.0. The fourth-order valence-electron chi connectivity index (χ4n) is 2.46. The number of hydrogen-bond acceptors (Lipinski definition) is 3. The fourth-order valence-corrected chi connectivity index (χ4v) is 2.46. The van der Waals surface area contributed by atoms with Crippen molar-refractivity contribution in [2.24, 2.45) is 5.73 Å². The molecule has 5 nitrogen and oxygen atoms in total. The summed E-state index contributed by atoms with van der Waals surface area (Å²) in [6.45, 7) is 4.25. The molecule has 1 atom stereocenters. The molecule has 0 fully saturated rings. The van der Waals surface area contributed by atoms with Crippen molar-refractivity contribution >= 4 is 11.8 Å². The second-order valence-electron chi connectivity index (χ2n) is 6.12. The average molecular weight is 340 g/mol. The van der Waals surface area contributed by atoms with Crippen LogP contribution in [0, 0.1) is 13.8 Å². The summed E-state index contributed by atoms with van der Waals surface area (Å²) in [4.78, 5) is 23.7. The molecule has 2 rings (SSSR count). The van der Waals surface area contributed by atoms with E-state index in [2.05, 4.69) is 5.32 Å². The van der Waals surface area contributed by atoms with Crippen LogP contribution in [0.15, 0.2) is 48.5 Å². The molecule has 0 aliphatic rings. The van der Waals surface area contributed by atoms with Crippen LogP contribution in [0.3, 0.4) is 0 Å². The number of ether oxygens (including phenoxy) is 1. The zero-order chi connectivity index (χ0) is 18.2. The summed E-state index contributed by atoms with van der Waals surface area (Å²) in [5.74, 6) is -0.918. The van der Waals surface area contributed by atoms with E-state index in [0.29, 0.717) is 13.0 Å². The number of aryl methyl sites for hydroxylation is 2. The first-order chi connectivity index (χ1) is 12.0. The van der Waals surface area contributed by atoms with Crippen LogP contribution < -0.4 is 11.1 Å². The molecule has 0 saturated carbocycles. The predicted molar refractivity (Wildman–Crippen MR) is 96.8 cm³/mol. The van der Waals surface area contributed by atoms with Crippen molar-refractivity contribution in [3.63, 3.8) is 0 Å². The van der Waals surface area contributed by atoms with Crippen molar-refractivity contribution in [2.45, 2.75) is 32.9 Å². The van der Waals surface area contributed by atoms with E-state index in [9.17, 15) is 9.59 Å². The van der Waals surface area contributed by atoms with Crippen LogP contribution >= 0.6 is 0 Å². The number of nitrogens with two attached hydrogens (primary N) is 1. The van der Waals surface area contributed by atoms with Gasteiger partial charge in [-0.3, -0.25) is 9.59 Å². The van der Waals surface area contributed by atoms with E-state index < -0.39 is 11.9 Å². The van der Waals surface area contributed by atoms with Gasteiger partial charge in [0, 0.05) is 6.42 Å². The van der Waals surface area contributed by atoms with Gasteiger partial charge in [-0.25, -0.2) is 0 Å². The molecular weight excluding hydrogens is 316 g/mol.